The van der Waals surface area contributed by atoms with E-state index in [9.17, 15) is 0 Å². The van der Waals surface area contributed by atoms with Crippen LogP contribution in [0.25, 0.3) is 22.5 Å². The van der Waals surface area contributed by atoms with Crippen molar-refractivity contribution in [3.05, 3.63) is 87.0 Å². The molecular weight excluding hydrogens is 489 g/mol. The Labute approximate surface area is 210 Å². The average molecular weight is 503 g/mol. The SMILES string of the molecule is [B]c1ccc2[nH]c(-c3nnc(Cc4ccc(Cl)c(Oc5cc(Cl)cc(C#N)c5)c4F)o3)c(C)c2c1. The second kappa shape index (κ2) is 9.10. The number of nitrogens with one attached hydrogen (secondary N) is 1. The van der Waals surface area contributed by atoms with Crippen molar-refractivity contribution in [2.75, 3.05) is 0 Å². The van der Waals surface area contributed by atoms with E-state index in [1.54, 1.807) is 6.07 Å². The van der Waals surface area contributed by atoms with Crippen LogP contribution in [0.3, 0.4) is 0 Å². The van der Waals surface area contributed by atoms with Crippen LogP contribution in [-0.4, -0.2) is 23.0 Å². The van der Waals surface area contributed by atoms with Crippen LogP contribution in [0, 0.1) is 24.1 Å². The van der Waals surface area contributed by atoms with Crippen molar-refractivity contribution in [1.82, 2.24) is 15.2 Å². The van der Waals surface area contributed by atoms with Gasteiger partial charge in [0.05, 0.1) is 23.1 Å². The molecule has 2 radical (unpaired) electrons. The average Bonchev–Trinajstić information content (AvgIpc) is 3.42. The normalized spacial score (nSPS) is 11.1. The van der Waals surface area contributed by atoms with Gasteiger partial charge in [-0.2, -0.15) is 5.26 Å². The van der Waals surface area contributed by atoms with Crippen LogP contribution in [-0.2, 0) is 6.42 Å². The highest BCUT2D eigenvalue weighted by Crippen LogP contribution is 2.36. The van der Waals surface area contributed by atoms with Crippen LogP contribution in [0.15, 0.2) is 52.9 Å². The molecule has 0 aliphatic heterocycles. The number of nitrogens with zero attached hydrogens (tertiary/aromatic N) is 3. The van der Waals surface area contributed by atoms with Crippen LogP contribution < -0.4 is 10.2 Å². The molecule has 0 unspecified atom stereocenters. The van der Waals surface area contributed by atoms with E-state index in [2.05, 4.69) is 15.2 Å². The molecule has 0 saturated carbocycles. The van der Waals surface area contributed by atoms with Crippen LogP contribution in [0.2, 0.25) is 10.0 Å². The molecular formula is C25H14BCl2FN4O2. The van der Waals surface area contributed by atoms with Gasteiger partial charge in [0, 0.05) is 21.5 Å². The summed E-state index contributed by atoms with van der Waals surface area (Å²) in [4.78, 5) is 3.26. The molecule has 0 saturated heterocycles. The molecule has 1 N–H and O–H groups in total. The molecule has 2 aromatic heterocycles. The van der Waals surface area contributed by atoms with Crippen LogP contribution in [0.1, 0.15) is 22.6 Å². The van der Waals surface area contributed by atoms with Crippen LogP contribution in [0.5, 0.6) is 11.5 Å². The Morgan fingerprint density at radius 3 is 2.77 bits per heavy atom. The topological polar surface area (TPSA) is 87.7 Å². The van der Waals surface area contributed by atoms with Gasteiger partial charge in [-0.3, -0.25) is 0 Å². The lowest BCUT2D eigenvalue weighted by Gasteiger charge is -2.11. The van der Waals surface area contributed by atoms with Gasteiger partial charge in [-0.1, -0.05) is 46.9 Å². The zero-order chi connectivity index (χ0) is 24.7. The molecule has 10 heteroatoms. The summed E-state index contributed by atoms with van der Waals surface area (Å²) in [7, 11) is 5.90. The van der Waals surface area contributed by atoms with E-state index in [-0.39, 0.29) is 50.9 Å². The Balaban J connectivity index is 1.44. The van der Waals surface area contributed by atoms with Crippen molar-refractivity contribution in [2.45, 2.75) is 13.3 Å². The maximum Gasteiger partial charge on any atom is 0.264 e. The van der Waals surface area contributed by atoms with Gasteiger partial charge in [-0.25, -0.2) is 4.39 Å². The molecule has 0 bridgehead atoms. The lowest BCUT2D eigenvalue weighted by Crippen LogP contribution is -1.99. The third-order valence-electron chi connectivity index (χ3n) is 5.45. The standard InChI is InChI=1S/C25H14BCl2FN4O2/c1-12-18-9-15(26)3-5-20(18)31-23(12)25-33-32-21(35-25)8-14-2-4-19(28)24(22(14)29)34-17-7-13(11-30)6-16(27)10-17/h2-7,9-10,31H,8H2,1H3. The lowest BCUT2D eigenvalue weighted by molar-refractivity contribution is 0.437. The number of hydrogen-bond acceptors (Lipinski definition) is 5. The summed E-state index contributed by atoms with van der Waals surface area (Å²) in [5.41, 5.74) is 3.62. The number of aryl methyl sites for hydroxylation is 1. The first kappa shape index (κ1) is 23.0. The summed E-state index contributed by atoms with van der Waals surface area (Å²) in [6.45, 7) is 1.92. The molecule has 0 aliphatic rings. The predicted octanol–water partition coefficient (Wildman–Crippen LogP) is 6.02. The number of nitriles is 1. The predicted molar refractivity (Wildman–Crippen MR) is 132 cm³/mol. The zero-order valence-electron chi connectivity index (χ0n) is 18.2. The van der Waals surface area contributed by atoms with Crippen molar-refractivity contribution in [3.8, 4) is 29.2 Å². The van der Waals surface area contributed by atoms with E-state index in [4.69, 9.17) is 45.5 Å². The second-order valence-electron chi connectivity index (χ2n) is 7.85. The fourth-order valence-corrected chi connectivity index (χ4v) is 4.16. The highest BCUT2D eigenvalue weighted by Gasteiger charge is 2.20. The molecule has 0 amide bonds. The molecule has 0 aliphatic carbocycles. The fraction of sp³-hybridized carbons (Fsp3) is 0.0800. The Morgan fingerprint density at radius 2 is 1.97 bits per heavy atom. The van der Waals surface area contributed by atoms with Gasteiger partial charge in [-0.05, 0) is 42.8 Å². The Morgan fingerprint density at radius 1 is 1.14 bits per heavy atom. The van der Waals surface area contributed by atoms with Crippen molar-refractivity contribution in [1.29, 1.82) is 5.26 Å². The molecule has 2 heterocycles. The van der Waals surface area contributed by atoms with E-state index in [0.717, 1.165) is 16.5 Å². The maximum absolute atomic E-state index is 15.3. The summed E-state index contributed by atoms with van der Waals surface area (Å²) in [5.74, 6) is -0.213. The van der Waals surface area contributed by atoms with Crippen molar-refractivity contribution >= 4 is 47.4 Å². The van der Waals surface area contributed by atoms with Crippen LogP contribution in [0.4, 0.5) is 4.39 Å². The third kappa shape index (κ3) is 4.48. The molecule has 5 aromatic rings. The summed E-state index contributed by atoms with van der Waals surface area (Å²) in [6, 6.07) is 14.9. The molecule has 5 rings (SSSR count). The number of aromatic nitrogens is 3. The zero-order valence-corrected chi connectivity index (χ0v) is 19.7. The Kier molecular flexibility index (Phi) is 5.97. The Hall–Kier alpha value is -3.80. The van der Waals surface area contributed by atoms with Crippen molar-refractivity contribution in [2.24, 2.45) is 0 Å². The van der Waals surface area contributed by atoms with Gasteiger partial charge in [0.25, 0.3) is 5.89 Å². The number of H-pyrrole nitrogens is 1. The highest BCUT2D eigenvalue weighted by molar-refractivity contribution is 6.33. The molecule has 3 aromatic carbocycles. The number of ether oxygens (including phenoxy) is 1. The monoisotopic (exact) mass is 502 g/mol. The number of rotatable bonds is 5. The van der Waals surface area contributed by atoms with Gasteiger partial charge >= 0.3 is 0 Å². The number of aromatic amines is 1. The van der Waals surface area contributed by atoms with Gasteiger partial charge < -0.3 is 14.1 Å². The molecule has 170 valence electrons. The third-order valence-corrected chi connectivity index (χ3v) is 5.97. The largest absolute Gasteiger partial charge is 0.453 e. The highest BCUT2D eigenvalue weighted by atomic mass is 35.5. The summed E-state index contributed by atoms with van der Waals surface area (Å²) in [6.07, 6.45) is 0.0115. The molecule has 6 nitrogen and oxygen atoms in total. The second-order valence-corrected chi connectivity index (χ2v) is 8.69. The first-order chi connectivity index (χ1) is 16.8. The molecule has 0 spiro atoms. The number of fused-ring (bicyclic) bond motifs is 1. The fourth-order valence-electron chi connectivity index (χ4n) is 3.75. The summed E-state index contributed by atoms with van der Waals surface area (Å²) < 4.78 is 26.8. The minimum Gasteiger partial charge on any atom is -0.453 e. The molecule has 0 atom stereocenters. The van der Waals surface area contributed by atoms with Gasteiger partial charge in [0.2, 0.25) is 5.89 Å². The number of halogens is 3. The minimum absolute atomic E-state index is 0.0115. The summed E-state index contributed by atoms with van der Waals surface area (Å²) >= 11 is 12.2. The van der Waals surface area contributed by atoms with Gasteiger partial charge in [0.15, 0.2) is 11.6 Å². The number of hydrogen-bond donors (Lipinski definition) is 1. The quantitative estimate of drug-likeness (QED) is 0.297. The van der Waals surface area contributed by atoms with E-state index in [1.807, 2.05) is 25.1 Å². The van der Waals surface area contributed by atoms with E-state index in [0.29, 0.717) is 11.2 Å². The van der Waals surface area contributed by atoms with E-state index in [1.165, 1.54) is 30.3 Å². The molecule has 35 heavy (non-hydrogen) atoms. The van der Waals surface area contributed by atoms with Crippen molar-refractivity contribution < 1.29 is 13.5 Å². The lowest BCUT2D eigenvalue weighted by atomic mass is 9.94. The van der Waals surface area contributed by atoms with Gasteiger partial charge in [-0.15, -0.1) is 10.2 Å². The van der Waals surface area contributed by atoms with Crippen LogP contribution >= 0.6 is 23.2 Å². The molecule has 0 fully saturated rings. The first-order valence-electron chi connectivity index (χ1n) is 10.4. The van der Waals surface area contributed by atoms with Crippen molar-refractivity contribution in [3.63, 3.8) is 0 Å². The number of benzene rings is 3. The maximum atomic E-state index is 15.3. The first-order valence-corrected chi connectivity index (χ1v) is 11.1. The van der Waals surface area contributed by atoms with Gasteiger partial charge in [0.1, 0.15) is 19.3 Å². The van der Waals surface area contributed by atoms with E-state index >= 15 is 4.39 Å². The van der Waals surface area contributed by atoms with E-state index < -0.39 is 5.82 Å². The summed E-state index contributed by atoms with van der Waals surface area (Å²) in [5, 5.41) is 18.6. The Bertz CT molecular complexity index is 1640. The smallest absolute Gasteiger partial charge is 0.264 e. The minimum atomic E-state index is -0.687.